The van der Waals surface area contributed by atoms with E-state index in [0.29, 0.717) is 12.2 Å². The van der Waals surface area contributed by atoms with Crippen LogP contribution in [0.2, 0.25) is 0 Å². The quantitative estimate of drug-likeness (QED) is 0.820. The standard InChI is InChI=1S/C14H13F2NO3S/c15-14(16)20-10-3-1-2-9(6-10)17-8-12-5-4-11(21-12)7-13(18)19/h1-6,14,17H,7-8H2,(H,18,19). The minimum Gasteiger partial charge on any atom is -0.481 e. The molecule has 0 radical (unpaired) electrons. The van der Waals surface area contributed by atoms with Gasteiger partial charge in [0.25, 0.3) is 0 Å². The van der Waals surface area contributed by atoms with Crippen LogP contribution >= 0.6 is 11.3 Å². The van der Waals surface area contributed by atoms with E-state index in [0.717, 1.165) is 9.75 Å². The summed E-state index contributed by atoms with van der Waals surface area (Å²) >= 11 is 1.40. The molecule has 0 fully saturated rings. The van der Waals surface area contributed by atoms with Crippen molar-refractivity contribution in [3.63, 3.8) is 0 Å². The molecule has 21 heavy (non-hydrogen) atoms. The summed E-state index contributed by atoms with van der Waals surface area (Å²) in [5.41, 5.74) is 0.654. The highest BCUT2D eigenvalue weighted by Crippen LogP contribution is 2.22. The topological polar surface area (TPSA) is 58.6 Å². The Balaban J connectivity index is 1.93. The minimum atomic E-state index is -2.85. The fraction of sp³-hybridized carbons (Fsp3) is 0.214. The van der Waals surface area contributed by atoms with Gasteiger partial charge in [0.05, 0.1) is 6.42 Å². The predicted molar refractivity (Wildman–Crippen MR) is 76.1 cm³/mol. The molecule has 0 aliphatic rings. The smallest absolute Gasteiger partial charge is 0.387 e. The molecule has 1 aromatic carbocycles. The average Bonchev–Trinajstić information content (AvgIpc) is 2.83. The Labute approximate surface area is 124 Å². The van der Waals surface area contributed by atoms with Gasteiger partial charge < -0.3 is 15.2 Å². The summed E-state index contributed by atoms with van der Waals surface area (Å²) in [5.74, 6) is -0.777. The molecule has 4 nitrogen and oxygen atoms in total. The summed E-state index contributed by atoms with van der Waals surface area (Å²) in [4.78, 5) is 12.3. The van der Waals surface area contributed by atoms with E-state index in [1.54, 1.807) is 18.2 Å². The van der Waals surface area contributed by atoms with Crippen molar-refractivity contribution in [1.82, 2.24) is 0 Å². The van der Waals surface area contributed by atoms with Gasteiger partial charge in [0.2, 0.25) is 0 Å². The first-order valence-corrected chi connectivity index (χ1v) is 6.93. The molecule has 0 amide bonds. The highest BCUT2D eigenvalue weighted by Gasteiger charge is 2.06. The SMILES string of the molecule is O=C(O)Cc1ccc(CNc2cccc(OC(F)F)c2)s1. The molecule has 0 saturated carbocycles. The Morgan fingerprint density at radius 3 is 2.76 bits per heavy atom. The normalized spacial score (nSPS) is 10.6. The number of carboxylic acids is 1. The van der Waals surface area contributed by atoms with Crippen molar-refractivity contribution in [3.05, 3.63) is 46.2 Å². The lowest BCUT2D eigenvalue weighted by Gasteiger charge is -2.08. The summed E-state index contributed by atoms with van der Waals surface area (Å²) < 4.78 is 28.6. The van der Waals surface area contributed by atoms with Crippen LogP contribution in [0.1, 0.15) is 9.75 Å². The Bertz CT molecular complexity index is 616. The first-order valence-electron chi connectivity index (χ1n) is 6.11. The second-order valence-corrected chi connectivity index (χ2v) is 5.45. The fourth-order valence-electron chi connectivity index (χ4n) is 1.73. The van der Waals surface area contributed by atoms with Crippen molar-refractivity contribution in [2.45, 2.75) is 19.6 Å². The zero-order valence-corrected chi connectivity index (χ0v) is 11.7. The molecule has 0 spiro atoms. The lowest BCUT2D eigenvalue weighted by molar-refractivity contribution is -0.136. The van der Waals surface area contributed by atoms with Gasteiger partial charge in [-0.1, -0.05) is 6.07 Å². The molecule has 2 aromatic rings. The van der Waals surface area contributed by atoms with E-state index in [1.807, 2.05) is 6.07 Å². The van der Waals surface area contributed by atoms with Crippen LogP contribution in [0.4, 0.5) is 14.5 Å². The van der Waals surface area contributed by atoms with Gasteiger partial charge >= 0.3 is 12.6 Å². The number of halogens is 2. The number of nitrogens with one attached hydrogen (secondary N) is 1. The number of aliphatic carboxylic acids is 1. The van der Waals surface area contributed by atoms with Crippen LogP contribution in [0, 0.1) is 0 Å². The van der Waals surface area contributed by atoms with E-state index >= 15 is 0 Å². The van der Waals surface area contributed by atoms with E-state index in [2.05, 4.69) is 10.1 Å². The highest BCUT2D eigenvalue weighted by atomic mass is 32.1. The van der Waals surface area contributed by atoms with Crippen LogP contribution in [0.5, 0.6) is 5.75 Å². The molecule has 0 atom stereocenters. The van der Waals surface area contributed by atoms with Crippen molar-refractivity contribution < 1.29 is 23.4 Å². The van der Waals surface area contributed by atoms with Gasteiger partial charge in [-0.05, 0) is 24.3 Å². The number of carbonyl (C=O) groups is 1. The number of carboxylic acid groups (broad SMARTS) is 1. The van der Waals surface area contributed by atoms with Crippen LogP contribution in [0.3, 0.4) is 0 Å². The number of anilines is 1. The van der Waals surface area contributed by atoms with Crippen LogP contribution in [0.25, 0.3) is 0 Å². The van der Waals surface area contributed by atoms with Gasteiger partial charge in [-0.2, -0.15) is 8.78 Å². The number of ether oxygens (including phenoxy) is 1. The van der Waals surface area contributed by atoms with Crippen LogP contribution in [-0.4, -0.2) is 17.7 Å². The zero-order chi connectivity index (χ0) is 15.2. The maximum absolute atomic E-state index is 12.1. The molecule has 0 bridgehead atoms. The summed E-state index contributed by atoms with van der Waals surface area (Å²) in [6.07, 6.45) is 0.00236. The molecule has 0 unspecified atom stereocenters. The van der Waals surface area contributed by atoms with Gasteiger partial charge in [-0.3, -0.25) is 4.79 Å². The number of thiophene rings is 1. The van der Waals surface area contributed by atoms with Crippen molar-refractivity contribution in [1.29, 1.82) is 0 Å². The summed E-state index contributed by atoms with van der Waals surface area (Å²) in [6, 6.07) is 9.90. The third kappa shape index (κ3) is 5.03. The molecular weight excluding hydrogens is 300 g/mol. The number of rotatable bonds is 7. The third-order valence-electron chi connectivity index (χ3n) is 2.57. The van der Waals surface area contributed by atoms with Crippen molar-refractivity contribution in [2.24, 2.45) is 0 Å². The first kappa shape index (κ1) is 15.2. The fourth-order valence-corrected chi connectivity index (χ4v) is 2.68. The van der Waals surface area contributed by atoms with Crippen molar-refractivity contribution in [2.75, 3.05) is 5.32 Å². The number of hydrogen-bond donors (Lipinski definition) is 2. The largest absolute Gasteiger partial charge is 0.481 e. The summed E-state index contributed by atoms with van der Waals surface area (Å²) in [7, 11) is 0. The van der Waals surface area contributed by atoms with Gasteiger partial charge in [0.15, 0.2) is 0 Å². The lowest BCUT2D eigenvalue weighted by Crippen LogP contribution is -2.03. The number of hydrogen-bond acceptors (Lipinski definition) is 4. The molecule has 0 aliphatic heterocycles. The first-order chi connectivity index (χ1) is 10.0. The molecule has 112 valence electrons. The van der Waals surface area contributed by atoms with E-state index in [-0.39, 0.29) is 12.2 Å². The molecule has 7 heteroatoms. The predicted octanol–water partition coefficient (Wildman–Crippen LogP) is 3.59. The monoisotopic (exact) mass is 313 g/mol. The summed E-state index contributed by atoms with van der Waals surface area (Å²) in [6.45, 7) is -2.36. The van der Waals surface area contributed by atoms with E-state index < -0.39 is 12.6 Å². The van der Waals surface area contributed by atoms with Crippen LogP contribution in [-0.2, 0) is 17.8 Å². The Kier molecular flexibility index (Phi) is 5.10. The minimum absolute atomic E-state index is 0.00236. The molecule has 2 rings (SSSR count). The maximum Gasteiger partial charge on any atom is 0.387 e. The molecular formula is C14H13F2NO3S. The van der Waals surface area contributed by atoms with Gasteiger partial charge in [0, 0.05) is 28.1 Å². The molecule has 0 aliphatic carbocycles. The van der Waals surface area contributed by atoms with E-state index in [9.17, 15) is 13.6 Å². The lowest BCUT2D eigenvalue weighted by atomic mass is 10.3. The highest BCUT2D eigenvalue weighted by molar-refractivity contribution is 7.12. The molecule has 1 aromatic heterocycles. The van der Waals surface area contributed by atoms with Crippen molar-refractivity contribution in [3.8, 4) is 5.75 Å². The Morgan fingerprint density at radius 2 is 2.05 bits per heavy atom. The summed E-state index contributed by atoms with van der Waals surface area (Å²) in [5, 5.41) is 11.8. The van der Waals surface area contributed by atoms with E-state index in [4.69, 9.17) is 5.11 Å². The van der Waals surface area contributed by atoms with Gasteiger partial charge in [-0.25, -0.2) is 0 Å². The molecule has 2 N–H and O–H groups in total. The third-order valence-corrected chi connectivity index (χ3v) is 3.65. The van der Waals surface area contributed by atoms with Crippen molar-refractivity contribution >= 4 is 23.0 Å². The zero-order valence-electron chi connectivity index (χ0n) is 10.9. The average molecular weight is 313 g/mol. The number of benzene rings is 1. The Hall–Kier alpha value is -2.15. The van der Waals surface area contributed by atoms with Gasteiger partial charge in [0.1, 0.15) is 5.75 Å². The molecule has 0 saturated heterocycles. The second-order valence-electron chi connectivity index (χ2n) is 4.20. The maximum atomic E-state index is 12.1. The second kappa shape index (κ2) is 7.03. The van der Waals surface area contributed by atoms with Gasteiger partial charge in [-0.15, -0.1) is 11.3 Å². The Morgan fingerprint density at radius 1 is 1.29 bits per heavy atom. The van der Waals surface area contributed by atoms with Crippen LogP contribution < -0.4 is 10.1 Å². The van der Waals surface area contributed by atoms with E-state index in [1.165, 1.54) is 23.5 Å². The van der Waals surface area contributed by atoms with Crippen LogP contribution in [0.15, 0.2) is 36.4 Å². The number of alkyl halides is 2. The molecule has 1 heterocycles.